The molecule has 0 aromatic carbocycles. The number of halogens is 2. The molecule has 6 heteroatoms. The minimum atomic E-state index is -2.66. The van der Waals surface area contributed by atoms with Crippen LogP contribution in [0.3, 0.4) is 0 Å². The lowest BCUT2D eigenvalue weighted by Crippen LogP contribution is -2.68. The maximum absolute atomic E-state index is 12.7. The topological polar surface area (TPSA) is 35.6 Å². The molecule has 0 bridgehead atoms. The Morgan fingerprint density at radius 1 is 1.00 bits per heavy atom. The molecule has 0 radical (unpaired) electrons. The van der Waals surface area contributed by atoms with Crippen LogP contribution in [-0.2, 0) is 0 Å². The molecule has 2 amide bonds. The molecule has 0 saturated carbocycles. The Balaban J connectivity index is 1.50. The van der Waals surface area contributed by atoms with Gasteiger partial charge in [0.25, 0.3) is 5.92 Å². The van der Waals surface area contributed by atoms with Gasteiger partial charge >= 0.3 is 6.03 Å². The van der Waals surface area contributed by atoms with Crippen molar-refractivity contribution in [2.75, 3.05) is 39.3 Å². The molecule has 3 rings (SSSR count). The van der Waals surface area contributed by atoms with Crippen LogP contribution in [0.1, 0.15) is 12.8 Å². The molecule has 0 aromatic heterocycles. The first kappa shape index (κ1) is 11.2. The number of piperidine rings is 1. The number of hydrogen-bond donors (Lipinski definition) is 1. The van der Waals surface area contributed by atoms with Crippen LogP contribution in [0, 0.1) is 5.41 Å². The van der Waals surface area contributed by atoms with E-state index in [1.54, 1.807) is 4.90 Å². The SMILES string of the molecule is O=C(N1CC(F)(F)C1)N1CC2(CCNCC2)C1. The van der Waals surface area contributed by atoms with E-state index in [2.05, 4.69) is 5.32 Å². The summed E-state index contributed by atoms with van der Waals surface area (Å²) in [5.74, 6) is -2.66. The first-order chi connectivity index (χ1) is 8.00. The number of alkyl halides is 2. The molecule has 3 aliphatic rings. The molecule has 1 N–H and O–H groups in total. The number of likely N-dealkylation sites (tertiary alicyclic amines) is 2. The Morgan fingerprint density at radius 3 is 2.06 bits per heavy atom. The van der Waals surface area contributed by atoms with Gasteiger partial charge in [0.1, 0.15) is 0 Å². The number of carbonyl (C=O) groups is 1. The highest BCUT2D eigenvalue weighted by atomic mass is 19.3. The van der Waals surface area contributed by atoms with E-state index in [9.17, 15) is 13.6 Å². The third kappa shape index (κ3) is 1.88. The molecule has 0 aromatic rings. The smallest absolute Gasteiger partial charge is 0.320 e. The first-order valence-corrected chi connectivity index (χ1v) is 6.12. The maximum atomic E-state index is 12.7. The minimum absolute atomic E-state index is 0.208. The van der Waals surface area contributed by atoms with Crippen molar-refractivity contribution in [1.82, 2.24) is 15.1 Å². The zero-order valence-electron chi connectivity index (χ0n) is 9.72. The van der Waals surface area contributed by atoms with Gasteiger partial charge in [0.15, 0.2) is 0 Å². The quantitative estimate of drug-likeness (QED) is 0.683. The predicted octanol–water partition coefficient (Wildman–Crippen LogP) is 0.743. The number of rotatable bonds is 0. The second kappa shape index (κ2) is 3.54. The number of hydrogen-bond acceptors (Lipinski definition) is 2. The van der Waals surface area contributed by atoms with Crippen molar-refractivity contribution in [3.63, 3.8) is 0 Å². The third-order valence-electron chi connectivity index (χ3n) is 4.10. The molecule has 96 valence electrons. The number of carbonyl (C=O) groups excluding carboxylic acids is 1. The lowest BCUT2D eigenvalue weighted by Gasteiger charge is -2.54. The Kier molecular flexibility index (Phi) is 2.33. The average molecular weight is 245 g/mol. The van der Waals surface area contributed by atoms with Gasteiger partial charge < -0.3 is 15.1 Å². The Bertz CT molecular complexity index is 326. The lowest BCUT2D eigenvalue weighted by molar-refractivity contribution is -0.121. The van der Waals surface area contributed by atoms with Gasteiger partial charge in [-0.3, -0.25) is 0 Å². The van der Waals surface area contributed by atoms with Crippen molar-refractivity contribution < 1.29 is 13.6 Å². The molecule has 3 aliphatic heterocycles. The van der Waals surface area contributed by atoms with Gasteiger partial charge in [0.05, 0.1) is 13.1 Å². The van der Waals surface area contributed by atoms with Crippen molar-refractivity contribution in [2.45, 2.75) is 18.8 Å². The van der Waals surface area contributed by atoms with Gasteiger partial charge in [-0.15, -0.1) is 0 Å². The fourth-order valence-corrected chi connectivity index (χ4v) is 3.02. The normalized spacial score (nSPS) is 29.8. The zero-order chi connectivity index (χ0) is 12.1. The molecule has 0 unspecified atom stereocenters. The van der Waals surface area contributed by atoms with Crippen molar-refractivity contribution in [1.29, 1.82) is 0 Å². The number of nitrogens with one attached hydrogen (secondary N) is 1. The van der Waals surface area contributed by atoms with E-state index in [-0.39, 0.29) is 11.4 Å². The van der Waals surface area contributed by atoms with Crippen LogP contribution >= 0.6 is 0 Å². The first-order valence-electron chi connectivity index (χ1n) is 6.12. The van der Waals surface area contributed by atoms with Gasteiger partial charge in [0.2, 0.25) is 0 Å². The average Bonchev–Trinajstić information content (AvgIpc) is 2.22. The highest BCUT2D eigenvalue weighted by Crippen LogP contribution is 2.40. The summed E-state index contributed by atoms with van der Waals surface area (Å²) in [6.07, 6.45) is 2.18. The highest BCUT2D eigenvalue weighted by Gasteiger charge is 2.52. The fourth-order valence-electron chi connectivity index (χ4n) is 3.02. The van der Waals surface area contributed by atoms with Crippen LogP contribution in [0.15, 0.2) is 0 Å². The van der Waals surface area contributed by atoms with Gasteiger partial charge in [0, 0.05) is 18.5 Å². The molecular formula is C11H17F2N3O. The van der Waals surface area contributed by atoms with E-state index in [0.29, 0.717) is 0 Å². The molecular weight excluding hydrogens is 228 g/mol. The van der Waals surface area contributed by atoms with Crippen molar-refractivity contribution in [3.05, 3.63) is 0 Å². The lowest BCUT2D eigenvalue weighted by atomic mass is 9.72. The Hall–Kier alpha value is -0.910. The van der Waals surface area contributed by atoms with E-state index in [0.717, 1.165) is 39.0 Å². The number of amides is 2. The summed E-state index contributed by atoms with van der Waals surface area (Å²) in [4.78, 5) is 14.8. The molecule has 17 heavy (non-hydrogen) atoms. The second-order valence-electron chi connectivity index (χ2n) is 5.60. The maximum Gasteiger partial charge on any atom is 0.320 e. The van der Waals surface area contributed by atoms with Crippen molar-refractivity contribution >= 4 is 6.03 Å². The molecule has 3 saturated heterocycles. The van der Waals surface area contributed by atoms with Gasteiger partial charge in [-0.25, -0.2) is 13.6 Å². The van der Waals surface area contributed by atoms with E-state index in [1.807, 2.05) is 0 Å². The van der Waals surface area contributed by atoms with Gasteiger partial charge in [-0.05, 0) is 25.9 Å². The largest absolute Gasteiger partial charge is 0.323 e. The van der Waals surface area contributed by atoms with Crippen LogP contribution in [0.4, 0.5) is 13.6 Å². The van der Waals surface area contributed by atoms with Gasteiger partial charge in [-0.2, -0.15) is 0 Å². The highest BCUT2D eigenvalue weighted by molar-refractivity contribution is 5.76. The van der Waals surface area contributed by atoms with Crippen LogP contribution < -0.4 is 5.32 Å². The molecule has 3 heterocycles. The molecule has 1 spiro atoms. The van der Waals surface area contributed by atoms with Crippen molar-refractivity contribution in [3.8, 4) is 0 Å². The summed E-state index contributed by atoms with van der Waals surface area (Å²) in [5, 5.41) is 3.30. The van der Waals surface area contributed by atoms with Crippen LogP contribution in [0.5, 0.6) is 0 Å². The molecule has 0 atom stereocenters. The van der Waals surface area contributed by atoms with Crippen LogP contribution in [0.25, 0.3) is 0 Å². The second-order valence-corrected chi connectivity index (χ2v) is 5.60. The number of nitrogens with zero attached hydrogens (tertiary/aromatic N) is 2. The predicted molar refractivity (Wildman–Crippen MR) is 58.0 cm³/mol. The van der Waals surface area contributed by atoms with E-state index in [1.165, 1.54) is 4.90 Å². The summed E-state index contributed by atoms with van der Waals surface area (Å²) in [6, 6.07) is -0.208. The van der Waals surface area contributed by atoms with Crippen LogP contribution in [-0.4, -0.2) is 61.0 Å². The molecule has 0 aliphatic carbocycles. The Morgan fingerprint density at radius 2 is 1.53 bits per heavy atom. The van der Waals surface area contributed by atoms with E-state index < -0.39 is 19.0 Å². The minimum Gasteiger partial charge on any atom is -0.323 e. The summed E-state index contributed by atoms with van der Waals surface area (Å²) in [6.45, 7) is 2.69. The number of urea groups is 1. The van der Waals surface area contributed by atoms with E-state index in [4.69, 9.17) is 0 Å². The molecule has 4 nitrogen and oxygen atoms in total. The summed E-state index contributed by atoms with van der Waals surface area (Å²) in [5.41, 5.74) is 0.272. The monoisotopic (exact) mass is 245 g/mol. The van der Waals surface area contributed by atoms with E-state index >= 15 is 0 Å². The van der Waals surface area contributed by atoms with Gasteiger partial charge in [-0.1, -0.05) is 0 Å². The fraction of sp³-hybridized carbons (Fsp3) is 0.909. The standard InChI is InChI=1S/C11H17F2N3O/c12-11(13)7-16(8-11)9(17)15-5-10(6-15)1-3-14-4-2-10/h14H,1-8H2. The molecule has 3 fully saturated rings. The summed E-state index contributed by atoms with van der Waals surface area (Å²) < 4.78 is 25.3. The third-order valence-corrected chi connectivity index (χ3v) is 4.10. The van der Waals surface area contributed by atoms with Crippen molar-refractivity contribution in [2.24, 2.45) is 5.41 Å². The summed E-state index contributed by atoms with van der Waals surface area (Å²) in [7, 11) is 0. The van der Waals surface area contributed by atoms with Crippen LogP contribution in [0.2, 0.25) is 0 Å². The summed E-state index contributed by atoms with van der Waals surface area (Å²) >= 11 is 0. The zero-order valence-corrected chi connectivity index (χ0v) is 9.72. The Labute approximate surface area is 98.9 Å².